The van der Waals surface area contributed by atoms with Gasteiger partial charge in [-0.1, -0.05) is 39.5 Å². The summed E-state index contributed by atoms with van der Waals surface area (Å²) in [7, 11) is 0. The lowest BCUT2D eigenvalue weighted by Crippen LogP contribution is -2.63. The van der Waals surface area contributed by atoms with E-state index in [1.165, 1.54) is 77.4 Å². The number of rotatable bonds is 1. The van der Waals surface area contributed by atoms with E-state index in [1.807, 2.05) is 0 Å². The van der Waals surface area contributed by atoms with Crippen molar-refractivity contribution in [3.8, 4) is 0 Å². The van der Waals surface area contributed by atoms with Gasteiger partial charge < -0.3 is 5.32 Å². The van der Waals surface area contributed by atoms with E-state index in [2.05, 4.69) is 24.1 Å². The number of nitrogens with one attached hydrogen (secondary N) is 1. The molecule has 0 bridgehead atoms. The van der Waals surface area contributed by atoms with Crippen molar-refractivity contribution in [3.05, 3.63) is 0 Å². The topological polar surface area (TPSA) is 15.3 Å². The molecule has 0 aromatic rings. The summed E-state index contributed by atoms with van der Waals surface area (Å²) in [5.41, 5.74) is 1.06. The van der Waals surface area contributed by atoms with E-state index in [-0.39, 0.29) is 0 Å². The molecule has 3 fully saturated rings. The lowest BCUT2D eigenvalue weighted by Gasteiger charge is -2.50. The van der Waals surface area contributed by atoms with Crippen LogP contribution >= 0.6 is 0 Å². The lowest BCUT2D eigenvalue weighted by molar-refractivity contribution is 0.0303. The average Bonchev–Trinajstić information content (AvgIpc) is 2.38. The minimum Gasteiger partial charge on any atom is -0.309 e. The van der Waals surface area contributed by atoms with E-state index in [9.17, 15) is 0 Å². The molecule has 0 amide bonds. The normalized spacial score (nSPS) is 35.4. The van der Waals surface area contributed by atoms with Gasteiger partial charge in [0.25, 0.3) is 0 Å². The molecule has 19 heavy (non-hydrogen) atoms. The van der Waals surface area contributed by atoms with Crippen LogP contribution in [0.5, 0.6) is 0 Å². The number of hydrogen-bond acceptors (Lipinski definition) is 2. The molecule has 3 aliphatic rings. The highest BCUT2D eigenvalue weighted by atomic mass is 15.2. The van der Waals surface area contributed by atoms with Gasteiger partial charge in [0.1, 0.15) is 0 Å². The van der Waals surface area contributed by atoms with E-state index >= 15 is 0 Å². The summed E-state index contributed by atoms with van der Waals surface area (Å²) in [4.78, 5) is 2.85. The van der Waals surface area contributed by atoms with Gasteiger partial charge in [-0.2, -0.15) is 0 Å². The van der Waals surface area contributed by atoms with Crippen LogP contribution in [-0.4, -0.2) is 36.1 Å². The van der Waals surface area contributed by atoms with Gasteiger partial charge in [0.2, 0.25) is 0 Å². The van der Waals surface area contributed by atoms with Crippen molar-refractivity contribution in [1.82, 2.24) is 10.2 Å². The fourth-order valence-corrected chi connectivity index (χ4v) is 4.83. The zero-order valence-corrected chi connectivity index (χ0v) is 13.0. The maximum Gasteiger partial charge on any atom is 0.0309 e. The zero-order valence-electron chi connectivity index (χ0n) is 13.0. The van der Waals surface area contributed by atoms with E-state index in [4.69, 9.17) is 0 Å². The van der Waals surface area contributed by atoms with Crippen molar-refractivity contribution in [2.45, 2.75) is 83.2 Å². The van der Waals surface area contributed by atoms with Gasteiger partial charge >= 0.3 is 0 Å². The van der Waals surface area contributed by atoms with Crippen molar-refractivity contribution in [2.75, 3.05) is 19.6 Å². The van der Waals surface area contributed by atoms with Crippen LogP contribution in [0.15, 0.2) is 0 Å². The monoisotopic (exact) mass is 264 g/mol. The number of piperazine rings is 1. The minimum absolute atomic E-state index is 0.484. The molecular weight excluding hydrogens is 232 g/mol. The predicted molar refractivity (Wildman–Crippen MR) is 81.4 cm³/mol. The van der Waals surface area contributed by atoms with E-state index < -0.39 is 0 Å². The Balaban J connectivity index is 1.64. The molecule has 1 heterocycles. The summed E-state index contributed by atoms with van der Waals surface area (Å²) in [6.45, 7) is 8.77. The maximum absolute atomic E-state index is 3.88. The van der Waals surface area contributed by atoms with Crippen molar-refractivity contribution < 1.29 is 0 Å². The highest BCUT2D eigenvalue weighted by Gasteiger charge is 2.40. The summed E-state index contributed by atoms with van der Waals surface area (Å²) in [5, 5.41) is 3.88. The molecular formula is C17H32N2. The molecule has 0 radical (unpaired) electrons. The number of hydrogen-bond donors (Lipinski definition) is 1. The third kappa shape index (κ3) is 3.16. The quantitative estimate of drug-likeness (QED) is 0.779. The van der Waals surface area contributed by atoms with Crippen molar-refractivity contribution in [2.24, 2.45) is 5.41 Å². The first-order chi connectivity index (χ1) is 9.09. The third-order valence-electron chi connectivity index (χ3n) is 5.91. The Kier molecular flexibility index (Phi) is 3.92. The number of nitrogens with zero attached hydrogens (tertiary/aromatic N) is 1. The van der Waals surface area contributed by atoms with Gasteiger partial charge in [-0.15, -0.1) is 0 Å². The molecule has 0 aromatic carbocycles. The Morgan fingerprint density at radius 1 is 1.00 bits per heavy atom. The highest BCUT2D eigenvalue weighted by Crippen LogP contribution is 2.39. The summed E-state index contributed by atoms with van der Waals surface area (Å²) in [5.74, 6) is 0. The van der Waals surface area contributed by atoms with Crippen molar-refractivity contribution in [3.63, 3.8) is 0 Å². The van der Waals surface area contributed by atoms with Gasteiger partial charge in [0, 0.05) is 31.2 Å². The van der Waals surface area contributed by atoms with Crippen LogP contribution in [-0.2, 0) is 0 Å². The predicted octanol–water partition coefficient (Wildman–Crippen LogP) is 3.56. The Morgan fingerprint density at radius 2 is 1.79 bits per heavy atom. The molecule has 1 aliphatic heterocycles. The van der Waals surface area contributed by atoms with Gasteiger partial charge in [-0.3, -0.25) is 4.90 Å². The highest BCUT2D eigenvalue weighted by molar-refractivity contribution is 4.99. The molecule has 1 unspecified atom stereocenters. The van der Waals surface area contributed by atoms with Gasteiger partial charge in [-0.05, 0) is 37.5 Å². The van der Waals surface area contributed by atoms with E-state index in [0.29, 0.717) is 11.0 Å². The largest absolute Gasteiger partial charge is 0.309 e. The van der Waals surface area contributed by atoms with Gasteiger partial charge in [0.05, 0.1) is 0 Å². The molecule has 1 N–H and O–H groups in total. The lowest BCUT2D eigenvalue weighted by atomic mass is 9.73. The summed E-state index contributed by atoms with van der Waals surface area (Å²) >= 11 is 0. The average molecular weight is 264 g/mol. The van der Waals surface area contributed by atoms with E-state index in [0.717, 1.165) is 6.04 Å². The fraction of sp³-hybridized carbons (Fsp3) is 1.00. The molecule has 2 aliphatic carbocycles. The first-order valence-electron chi connectivity index (χ1n) is 8.58. The fourth-order valence-electron chi connectivity index (χ4n) is 4.83. The van der Waals surface area contributed by atoms with Crippen LogP contribution in [0.2, 0.25) is 0 Å². The summed E-state index contributed by atoms with van der Waals surface area (Å²) < 4.78 is 0. The molecule has 110 valence electrons. The van der Waals surface area contributed by atoms with Crippen LogP contribution in [0.3, 0.4) is 0 Å². The van der Waals surface area contributed by atoms with Crippen LogP contribution in [0.25, 0.3) is 0 Å². The standard InChI is InChI=1S/C17H32N2/c1-16(2)8-6-7-15(13-16)19-12-11-18-17(14-19)9-4-3-5-10-17/h15,18H,3-14H2,1-2H3. The molecule has 1 spiro atoms. The second-order valence-electron chi connectivity index (χ2n) is 8.15. The van der Waals surface area contributed by atoms with Crippen LogP contribution in [0.4, 0.5) is 0 Å². The van der Waals surface area contributed by atoms with E-state index in [1.54, 1.807) is 0 Å². The Bertz CT molecular complexity index is 299. The molecule has 0 aromatic heterocycles. The molecule has 2 nitrogen and oxygen atoms in total. The second-order valence-corrected chi connectivity index (χ2v) is 8.15. The smallest absolute Gasteiger partial charge is 0.0309 e. The summed E-state index contributed by atoms with van der Waals surface area (Å²) in [6, 6.07) is 0.865. The summed E-state index contributed by atoms with van der Waals surface area (Å²) in [6.07, 6.45) is 12.9. The molecule has 1 saturated heterocycles. The van der Waals surface area contributed by atoms with Crippen LogP contribution in [0, 0.1) is 5.41 Å². The third-order valence-corrected chi connectivity index (χ3v) is 5.91. The minimum atomic E-state index is 0.484. The van der Waals surface area contributed by atoms with Gasteiger partial charge in [-0.25, -0.2) is 0 Å². The molecule has 2 heteroatoms. The second kappa shape index (κ2) is 5.37. The first kappa shape index (κ1) is 13.9. The van der Waals surface area contributed by atoms with Crippen LogP contribution < -0.4 is 5.32 Å². The van der Waals surface area contributed by atoms with Crippen molar-refractivity contribution >= 4 is 0 Å². The molecule has 2 saturated carbocycles. The molecule has 3 rings (SSSR count). The van der Waals surface area contributed by atoms with Crippen LogP contribution in [0.1, 0.15) is 71.6 Å². The SMILES string of the molecule is CC1(C)CCCC(N2CCNC3(CCCCC3)C2)C1. The Morgan fingerprint density at radius 3 is 2.53 bits per heavy atom. The zero-order chi connectivity index (χ0) is 13.3. The first-order valence-corrected chi connectivity index (χ1v) is 8.58. The van der Waals surface area contributed by atoms with Crippen molar-refractivity contribution in [1.29, 1.82) is 0 Å². The Hall–Kier alpha value is -0.0800. The Labute approximate surface area is 119 Å². The van der Waals surface area contributed by atoms with Gasteiger partial charge in [0.15, 0.2) is 0 Å². The maximum atomic E-state index is 3.88. The molecule has 1 atom stereocenters.